The zero-order chi connectivity index (χ0) is 11.4. The van der Waals surface area contributed by atoms with Gasteiger partial charge in [0.2, 0.25) is 0 Å². The third-order valence-electron chi connectivity index (χ3n) is 2.10. The maximum Gasteiger partial charge on any atom is 0.129 e. The Labute approximate surface area is 104 Å². The van der Waals surface area contributed by atoms with Crippen molar-refractivity contribution in [2.24, 2.45) is 0 Å². The van der Waals surface area contributed by atoms with Crippen LogP contribution in [0.5, 0.6) is 0 Å². The van der Waals surface area contributed by atoms with Crippen LogP contribution in [-0.4, -0.2) is 9.97 Å². The number of aryl methyl sites for hydroxylation is 1. The Hall–Kier alpha value is -1.13. The van der Waals surface area contributed by atoms with E-state index in [9.17, 15) is 0 Å². The second-order valence-corrected chi connectivity index (χ2v) is 4.88. The van der Waals surface area contributed by atoms with Crippen molar-refractivity contribution >= 4 is 28.6 Å². The summed E-state index contributed by atoms with van der Waals surface area (Å²) in [7, 11) is 0. The number of thiazole rings is 1. The Morgan fingerprint density at radius 3 is 2.81 bits per heavy atom. The summed E-state index contributed by atoms with van der Waals surface area (Å²) in [5, 5.41) is 4.96. The van der Waals surface area contributed by atoms with Gasteiger partial charge in [0.05, 0.1) is 23.4 Å². The van der Waals surface area contributed by atoms with Gasteiger partial charge in [-0.3, -0.25) is 0 Å². The van der Waals surface area contributed by atoms with Gasteiger partial charge in [0.15, 0.2) is 0 Å². The minimum atomic E-state index is 0.511. The molecule has 0 spiro atoms. The number of hydrogen-bond donors (Lipinski definition) is 1. The van der Waals surface area contributed by atoms with Crippen LogP contribution >= 0.6 is 22.9 Å². The number of anilines is 1. The van der Waals surface area contributed by atoms with Crippen LogP contribution in [0.4, 0.5) is 5.69 Å². The predicted octanol–water partition coefficient (Wildman–Crippen LogP) is 3.37. The van der Waals surface area contributed by atoms with Crippen LogP contribution in [-0.2, 0) is 13.0 Å². The van der Waals surface area contributed by atoms with Gasteiger partial charge in [0.1, 0.15) is 5.15 Å². The van der Waals surface area contributed by atoms with Crippen LogP contribution in [0.2, 0.25) is 5.15 Å². The molecule has 0 aromatic carbocycles. The summed E-state index contributed by atoms with van der Waals surface area (Å²) in [6.07, 6.45) is 4.64. The van der Waals surface area contributed by atoms with Gasteiger partial charge in [-0.2, -0.15) is 0 Å². The molecule has 2 aromatic rings. The number of nitrogens with zero attached hydrogens (tertiary/aromatic N) is 2. The monoisotopic (exact) mass is 253 g/mol. The number of hydrogen-bond acceptors (Lipinski definition) is 4. The summed E-state index contributed by atoms with van der Waals surface area (Å²) in [6.45, 7) is 2.89. The van der Waals surface area contributed by atoms with Gasteiger partial charge < -0.3 is 5.32 Å². The van der Waals surface area contributed by atoms with Crippen LogP contribution in [0, 0.1) is 0 Å². The average Bonchev–Trinajstić information content (AvgIpc) is 2.76. The first-order valence-corrected chi connectivity index (χ1v) is 6.26. The van der Waals surface area contributed by atoms with E-state index in [-0.39, 0.29) is 0 Å². The van der Waals surface area contributed by atoms with Crippen molar-refractivity contribution in [3.8, 4) is 0 Å². The smallest absolute Gasteiger partial charge is 0.129 e. The van der Waals surface area contributed by atoms with Gasteiger partial charge in [-0.05, 0) is 18.6 Å². The molecule has 0 aliphatic carbocycles. The van der Waals surface area contributed by atoms with Gasteiger partial charge in [-0.15, -0.1) is 11.3 Å². The summed E-state index contributed by atoms with van der Waals surface area (Å²) < 4.78 is 0. The van der Waals surface area contributed by atoms with E-state index in [1.54, 1.807) is 23.6 Å². The number of halogens is 1. The lowest BCUT2D eigenvalue weighted by Crippen LogP contribution is -1.97. The maximum absolute atomic E-state index is 5.70. The van der Waals surface area contributed by atoms with E-state index >= 15 is 0 Å². The van der Waals surface area contributed by atoms with Gasteiger partial charge in [-0.25, -0.2) is 9.97 Å². The highest BCUT2D eigenvalue weighted by Gasteiger charge is 2.00. The van der Waals surface area contributed by atoms with Gasteiger partial charge >= 0.3 is 0 Å². The fourth-order valence-electron chi connectivity index (χ4n) is 1.26. The molecule has 0 atom stereocenters. The maximum atomic E-state index is 5.70. The van der Waals surface area contributed by atoms with E-state index in [1.807, 2.05) is 12.3 Å². The van der Waals surface area contributed by atoms with Crippen molar-refractivity contribution in [3.05, 3.63) is 39.6 Å². The molecule has 0 bridgehead atoms. The third-order valence-corrected chi connectivity index (χ3v) is 3.46. The van der Waals surface area contributed by atoms with E-state index in [1.165, 1.54) is 9.88 Å². The molecule has 0 saturated heterocycles. The first-order valence-electron chi connectivity index (χ1n) is 5.07. The molecule has 2 heterocycles. The summed E-state index contributed by atoms with van der Waals surface area (Å²) >= 11 is 7.44. The van der Waals surface area contributed by atoms with Gasteiger partial charge in [0.25, 0.3) is 0 Å². The Bertz CT molecular complexity index is 453. The quantitative estimate of drug-likeness (QED) is 0.849. The van der Waals surface area contributed by atoms with E-state index in [4.69, 9.17) is 11.6 Å². The lowest BCUT2D eigenvalue weighted by Gasteiger charge is -2.03. The molecular weight excluding hydrogens is 242 g/mol. The molecule has 5 heteroatoms. The largest absolute Gasteiger partial charge is 0.379 e. The molecule has 0 aliphatic rings. The zero-order valence-electron chi connectivity index (χ0n) is 8.90. The Morgan fingerprint density at radius 1 is 1.31 bits per heavy atom. The molecule has 0 unspecified atom stereocenters. The lowest BCUT2D eigenvalue weighted by atomic mass is 10.4. The zero-order valence-corrected chi connectivity index (χ0v) is 10.5. The van der Waals surface area contributed by atoms with E-state index < -0.39 is 0 Å². The van der Waals surface area contributed by atoms with Crippen LogP contribution in [0.3, 0.4) is 0 Å². The molecule has 2 rings (SSSR count). The van der Waals surface area contributed by atoms with Crippen LogP contribution in [0.15, 0.2) is 24.5 Å². The van der Waals surface area contributed by atoms with Crippen LogP contribution in [0.1, 0.15) is 16.8 Å². The van der Waals surface area contributed by atoms with Crippen molar-refractivity contribution in [1.82, 2.24) is 9.97 Å². The Kier molecular flexibility index (Phi) is 3.74. The first-order chi connectivity index (χ1) is 7.78. The average molecular weight is 254 g/mol. The van der Waals surface area contributed by atoms with Gasteiger partial charge in [0, 0.05) is 11.1 Å². The Balaban J connectivity index is 1.94. The Morgan fingerprint density at radius 2 is 2.19 bits per heavy atom. The minimum absolute atomic E-state index is 0.511. The molecule has 0 aliphatic heterocycles. The molecule has 84 valence electrons. The molecule has 0 radical (unpaired) electrons. The van der Waals surface area contributed by atoms with Crippen LogP contribution in [0.25, 0.3) is 0 Å². The third kappa shape index (κ3) is 2.93. The summed E-state index contributed by atoms with van der Waals surface area (Å²) in [6, 6.07) is 3.69. The highest BCUT2D eigenvalue weighted by molar-refractivity contribution is 7.11. The SMILES string of the molecule is CCc1ncc(CNc2ccc(Cl)nc2)s1. The molecule has 3 nitrogen and oxygen atoms in total. The van der Waals surface area contributed by atoms with Crippen molar-refractivity contribution in [1.29, 1.82) is 0 Å². The molecule has 16 heavy (non-hydrogen) atoms. The first kappa shape index (κ1) is 11.4. The highest BCUT2D eigenvalue weighted by atomic mass is 35.5. The normalized spacial score (nSPS) is 10.4. The number of rotatable bonds is 4. The molecule has 0 saturated carbocycles. The van der Waals surface area contributed by atoms with E-state index in [2.05, 4.69) is 22.2 Å². The van der Waals surface area contributed by atoms with Crippen molar-refractivity contribution in [2.75, 3.05) is 5.32 Å². The summed E-state index contributed by atoms with van der Waals surface area (Å²) in [5.41, 5.74) is 0.968. The van der Waals surface area contributed by atoms with E-state index in [0.717, 1.165) is 18.7 Å². The molecule has 0 amide bonds. The molecule has 0 fully saturated rings. The standard InChI is InChI=1S/C11H12ClN3S/c1-2-11-15-7-9(16-11)6-13-8-3-4-10(12)14-5-8/h3-5,7,13H,2,6H2,1H3. The van der Waals surface area contributed by atoms with Crippen molar-refractivity contribution < 1.29 is 0 Å². The number of aromatic nitrogens is 2. The second-order valence-electron chi connectivity index (χ2n) is 3.30. The second kappa shape index (κ2) is 5.27. The van der Waals surface area contributed by atoms with E-state index in [0.29, 0.717) is 5.15 Å². The topological polar surface area (TPSA) is 37.8 Å². The molecule has 1 N–H and O–H groups in total. The summed E-state index contributed by atoms with van der Waals surface area (Å²) in [4.78, 5) is 9.53. The number of pyridine rings is 1. The van der Waals surface area contributed by atoms with Crippen LogP contribution < -0.4 is 5.32 Å². The lowest BCUT2D eigenvalue weighted by molar-refractivity contribution is 1.09. The van der Waals surface area contributed by atoms with Crippen molar-refractivity contribution in [3.63, 3.8) is 0 Å². The van der Waals surface area contributed by atoms with Gasteiger partial charge in [-0.1, -0.05) is 18.5 Å². The minimum Gasteiger partial charge on any atom is -0.379 e. The summed E-state index contributed by atoms with van der Waals surface area (Å²) in [5.74, 6) is 0. The molecular formula is C11H12ClN3S. The predicted molar refractivity (Wildman–Crippen MR) is 68.1 cm³/mol. The molecule has 2 aromatic heterocycles. The van der Waals surface area contributed by atoms with Crippen molar-refractivity contribution in [2.45, 2.75) is 19.9 Å². The number of nitrogens with one attached hydrogen (secondary N) is 1. The fourth-order valence-corrected chi connectivity index (χ4v) is 2.18. The fraction of sp³-hybridized carbons (Fsp3) is 0.273. The highest BCUT2D eigenvalue weighted by Crippen LogP contribution is 2.16.